The van der Waals surface area contributed by atoms with Gasteiger partial charge in [0.2, 0.25) is 0 Å². The van der Waals surface area contributed by atoms with Gasteiger partial charge in [0, 0.05) is 6.42 Å². The summed E-state index contributed by atoms with van der Waals surface area (Å²) in [5.41, 5.74) is 2.67. The van der Waals surface area contributed by atoms with Crippen LogP contribution >= 0.6 is 0 Å². The van der Waals surface area contributed by atoms with Gasteiger partial charge in [0.05, 0.1) is 0 Å². The Labute approximate surface area is 236 Å². The summed E-state index contributed by atoms with van der Waals surface area (Å²) in [7, 11) is 0. The van der Waals surface area contributed by atoms with E-state index in [1.165, 1.54) is 70.6 Å². The van der Waals surface area contributed by atoms with Crippen molar-refractivity contribution in [3.63, 3.8) is 0 Å². The first-order chi connectivity index (χ1) is 17.9. The number of unbranched alkanes of at least 4 members (excludes halogenated alkanes) is 11. The highest BCUT2D eigenvalue weighted by Crippen LogP contribution is 2.40. The van der Waals surface area contributed by atoms with Gasteiger partial charge in [-0.1, -0.05) is 138 Å². The number of phenols is 1. The molecule has 0 saturated heterocycles. The Balaban J connectivity index is 2.72. The molecule has 0 fully saturated rings. The number of carbonyl (C=O) groups excluding carboxylic acids is 1. The smallest absolute Gasteiger partial charge is 0.306 e. The van der Waals surface area contributed by atoms with Crippen LogP contribution < -0.4 is 0 Å². The van der Waals surface area contributed by atoms with Crippen molar-refractivity contribution in [2.45, 2.75) is 181 Å². The van der Waals surface area contributed by atoms with Gasteiger partial charge in [-0.25, -0.2) is 0 Å². The fourth-order valence-electron chi connectivity index (χ4n) is 5.22. The lowest BCUT2D eigenvalue weighted by Crippen LogP contribution is -2.20. The molecule has 1 atom stereocenters. The third-order valence-electron chi connectivity index (χ3n) is 7.71. The Morgan fingerprint density at radius 2 is 1.11 bits per heavy atom. The molecule has 0 bridgehead atoms. The standard InChI is InChI=1S/C35H62O3/c1-9-11-13-15-16-17-19-21-23-29(22-20-18-14-12-10-2)38-32(36)25-24-28-26-30(34(3,4)5)33(37)31(27-28)35(6,7)8/h26-27,29,37H,9-25H2,1-8H3. The molecule has 0 aliphatic rings. The first-order valence-electron chi connectivity index (χ1n) is 16.0. The van der Waals surface area contributed by atoms with E-state index in [0.29, 0.717) is 18.6 Å². The van der Waals surface area contributed by atoms with Crippen LogP contribution in [0, 0.1) is 0 Å². The number of hydrogen-bond donors (Lipinski definition) is 1. The summed E-state index contributed by atoms with van der Waals surface area (Å²) < 4.78 is 6.07. The molecule has 38 heavy (non-hydrogen) atoms. The summed E-state index contributed by atoms with van der Waals surface area (Å²) in [5, 5.41) is 11.0. The molecule has 0 aliphatic carbocycles. The topological polar surface area (TPSA) is 46.5 Å². The molecular formula is C35H62O3. The first kappa shape index (κ1) is 34.5. The molecule has 0 aromatic heterocycles. The minimum Gasteiger partial charge on any atom is -0.507 e. The maximum Gasteiger partial charge on any atom is 0.306 e. The number of phenolic OH excluding ortho intramolecular Hbond substituents is 1. The van der Waals surface area contributed by atoms with Crippen LogP contribution in [-0.2, 0) is 26.8 Å². The van der Waals surface area contributed by atoms with Gasteiger partial charge in [0.1, 0.15) is 11.9 Å². The number of hydrogen-bond acceptors (Lipinski definition) is 3. The number of aryl methyl sites for hydroxylation is 1. The molecule has 1 rings (SSSR count). The molecule has 3 heteroatoms. The fourth-order valence-corrected chi connectivity index (χ4v) is 5.22. The predicted octanol–water partition coefficient (Wildman–Crippen LogP) is 10.7. The molecule has 1 aromatic carbocycles. The van der Waals surface area contributed by atoms with Crippen LogP contribution in [0.25, 0.3) is 0 Å². The average molecular weight is 531 g/mol. The van der Waals surface area contributed by atoms with Crippen LogP contribution in [0.15, 0.2) is 12.1 Å². The molecule has 1 aromatic rings. The SMILES string of the molecule is CCCCCCCCCCC(CCCCCCC)OC(=O)CCc1cc(C(C)(C)C)c(O)c(C(C)(C)C)c1. The molecule has 220 valence electrons. The second-order valence-electron chi connectivity index (χ2n) is 13.6. The monoisotopic (exact) mass is 530 g/mol. The van der Waals surface area contributed by atoms with E-state index < -0.39 is 0 Å². The van der Waals surface area contributed by atoms with Crippen molar-refractivity contribution in [3.05, 3.63) is 28.8 Å². The van der Waals surface area contributed by atoms with Gasteiger partial charge in [-0.3, -0.25) is 4.79 Å². The van der Waals surface area contributed by atoms with Gasteiger partial charge in [0.15, 0.2) is 0 Å². The summed E-state index contributed by atoms with van der Waals surface area (Å²) in [5.74, 6) is 0.315. The van der Waals surface area contributed by atoms with Crippen LogP contribution in [0.5, 0.6) is 5.75 Å². The van der Waals surface area contributed by atoms with Crippen molar-refractivity contribution in [1.29, 1.82) is 0 Å². The Hall–Kier alpha value is -1.51. The largest absolute Gasteiger partial charge is 0.507 e. The van der Waals surface area contributed by atoms with Crippen molar-refractivity contribution in [1.82, 2.24) is 0 Å². The fraction of sp³-hybridized carbons (Fsp3) is 0.800. The summed E-state index contributed by atoms with van der Waals surface area (Å²) in [6.45, 7) is 17.3. The van der Waals surface area contributed by atoms with E-state index in [1.807, 2.05) is 0 Å². The normalized spacial score (nSPS) is 13.1. The quantitative estimate of drug-likeness (QED) is 0.143. The Kier molecular flexibility index (Phi) is 16.3. The average Bonchev–Trinajstić information content (AvgIpc) is 2.83. The second kappa shape index (κ2) is 18.0. The molecule has 0 saturated carbocycles. The minimum absolute atomic E-state index is 0.0549. The number of aromatic hydroxyl groups is 1. The van der Waals surface area contributed by atoms with Crippen LogP contribution in [0.1, 0.15) is 175 Å². The lowest BCUT2D eigenvalue weighted by atomic mass is 9.78. The van der Waals surface area contributed by atoms with E-state index in [2.05, 4.69) is 67.5 Å². The van der Waals surface area contributed by atoms with Crippen molar-refractivity contribution < 1.29 is 14.6 Å². The van der Waals surface area contributed by atoms with Gasteiger partial charge in [-0.15, -0.1) is 0 Å². The molecule has 1 unspecified atom stereocenters. The van der Waals surface area contributed by atoms with E-state index in [0.717, 1.165) is 42.4 Å². The van der Waals surface area contributed by atoms with Crippen molar-refractivity contribution in [2.24, 2.45) is 0 Å². The summed E-state index contributed by atoms with van der Waals surface area (Å²) in [6, 6.07) is 4.17. The molecule has 0 amide bonds. The summed E-state index contributed by atoms with van der Waals surface area (Å²) in [4.78, 5) is 13.0. The van der Waals surface area contributed by atoms with Crippen LogP contribution in [0.3, 0.4) is 0 Å². The molecule has 0 heterocycles. The number of ether oxygens (including phenoxy) is 1. The molecule has 3 nitrogen and oxygen atoms in total. The zero-order valence-corrected chi connectivity index (χ0v) is 26.5. The lowest BCUT2D eigenvalue weighted by Gasteiger charge is -2.28. The molecule has 0 spiro atoms. The van der Waals surface area contributed by atoms with E-state index in [1.54, 1.807) is 0 Å². The first-order valence-corrected chi connectivity index (χ1v) is 16.0. The Morgan fingerprint density at radius 1 is 0.711 bits per heavy atom. The van der Waals surface area contributed by atoms with E-state index in [-0.39, 0.29) is 22.9 Å². The number of carbonyl (C=O) groups is 1. The number of rotatable bonds is 19. The zero-order chi connectivity index (χ0) is 28.6. The maximum atomic E-state index is 13.0. The van der Waals surface area contributed by atoms with Gasteiger partial charge < -0.3 is 9.84 Å². The maximum absolute atomic E-state index is 13.0. The van der Waals surface area contributed by atoms with Gasteiger partial charge >= 0.3 is 5.97 Å². The molecular weight excluding hydrogens is 468 g/mol. The van der Waals surface area contributed by atoms with Crippen molar-refractivity contribution >= 4 is 5.97 Å². The predicted molar refractivity (Wildman–Crippen MR) is 164 cm³/mol. The highest BCUT2D eigenvalue weighted by Gasteiger charge is 2.26. The third kappa shape index (κ3) is 14.0. The minimum atomic E-state index is -0.167. The van der Waals surface area contributed by atoms with Crippen LogP contribution in [0.4, 0.5) is 0 Å². The van der Waals surface area contributed by atoms with Crippen LogP contribution in [0.2, 0.25) is 0 Å². The lowest BCUT2D eigenvalue weighted by molar-refractivity contribution is -0.149. The van der Waals surface area contributed by atoms with E-state index in [9.17, 15) is 9.90 Å². The zero-order valence-electron chi connectivity index (χ0n) is 26.5. The van der Waals surface area contributed by atoms with Gasteiger partial charge in [-0.2, -0.15) is 0 Å². The molecule has 0 radical (unpaired) electrons. The molecule has 1 N–H and O–H groups in total. The summed E-state index contributed by atoms with van der Waals surface area (Å²) in [6.07, 6.45) is 19.7. The van der Waals surface area contributed by atoms with Crippen LogP contribution in [-0.4, -0.2) is 17.2 Å². The van der Waals surface area contributed by atoms with E-state index in [4.69, 9.17) is 4.74 Å². The van der Waals surface area contributed by atoms with Crippen molar-refractivity contribution in [3.8, 4) is 5.75 Å². The Bertz CT molecular complexity index is 746. The van der Waals surface area contributed by atoms with Gasteiger partial charge in [0.25, 0.3) is 0 Å². The van der Waals surface area contributed by atoms with Gasteiger partial charge in [-0.05, 0) is 59.6 Å². The van der Waals surface area contributed by atoms with Crippen molar-refractivity contribution in [2.75, 3.05) is 0 Å². The summed E-state index contributed by atoms with van der Waals surface area (Å²) >= 11 is 0. The highest BCUT2D eigenvalue weighted by molar-refractivity contribution is 5.70. The number of benzene rings is 1. The highest BCUT2D eigenvalue weighted by atomic mass is 16.5. The number of esters is 1. The third-order valence-corrected chi connectivity index (χ3v) is 7.71. The van der Waals surface area contributed by atoms with E-state index >= 15 is 0 Å². The Morgan fingerprint density at radius 3 is 1.50 bits per heavy atom. The molecule has 0 aliphatic heterocycles. The second-order valence-corrected chi connectivity index (χ2v) is 13.6.